The molecule has 1 N–H and O–H groups in total. The molecule has 1 saturated carbocycles. The first-order valence-electron chi connectivity index (χ1n) is 12.3. The number of amides is 2. The highest BCUT2D eigenvalue weighted by molar-refractivity contribution is 5.97. The van der Waals surface area contributed by atoms with Crippen LogP contribution in [-0.4, -0.2) is 59.3 Å². The third kappa shape index (κ3) is 4.81. The number of hydrogen-bond donors (Lipinski definition) is 1. The molecule has 6 nitrogen and oxygen atoms in total. The molecule has 3 atom stereocenters. The van der Waals surface area contributed by atoms with Crippen LogP contribution in [0.4, 0.5) is 0 Å². The summed E-state index contributed by atoms with van der Waals surface area (Å²) in [7, 11) is 0. The molecular weight excluding hydrogens is 412 g/mol. The Morgan fingerprint density at radius 1 is 1.00 bits per heavy atom. The lowest BCUT2D eigenvalue weighted by Crippen LogP contribution is -2.36. The monoisotopic (exact) mass is 446 g/mol. The molecule has 3 heterocycles. The van der Waals surface area contributed by atoms with E-state index in [1.54, 1.807) is 6.20 Å². The normalized spacial score (nSPS) is 23.4. The molecule has 6 heteroatoms. The quantitative estimate of drug-likeness (QED) is 0.708. The van der Waals surface area contributed by atoms with Crippen molar-refractivity contribution in [3.05, 3.63) is 65.0 Å². The van der Waals surface area contributed by atoms with Crippen molar-refractivity contribution in [3.8, 4) is 0 Å². The highest BCUT2D eigenvalue weighted by atomic mass is 16.2. The molecule has 1 aromatic carbocycles. The molecule has 2 aliphatic heterocycles. The minimum Gasteiger partial charge on any atom is -0.347 e. The summed E-state index contributed by atoms with van der Waals surface area (Å²) in [4.78, 5) is 34.7. The van der Waals surface area contributed by atoms with Crippen molar-refractivity contribution in [2.75, 3.05) is 32.7 Å². The predicted octanol–water partition coefficient (Wildman–Crippen LogP) is 3.36. The molecule has 2 amide bonds. The van der Waals surface area contributed by atoms with Gasteiger partial charge in [-0.15, -0.1) is 0 Å². The fraction of sp³-hybridized carbons (Fsp3) is 0.519. The number of pyridine rings is 1. The number of nitrogens with one attached hydrogen (secondary N) is 1. The van der Waals surface area contributed by atoms with E-state index in [2.05, 4.69) is 20.1 Å². The molecule has 33 heavy (non-hydrogen) atoms. The van der Waals surface area contributed by atoms with Crippen molar-refractivity contribution in [1.82, 2.24) is 20.1 Å². The minimum absolute atomic E-state index is 0.0400. The first-order chi connectivity index (χ1) is 16.0. The molecule has 2 saturated heterocycles. The average Bonchev–Trinajstić information content (AvgIpc) is 3.48. The van der Waals surface area contributed by atoms with Crippen LogP contribution in [0.3, 0.4) is 0 Å². The second-order valence-electron chi connectivity index (χ2n) is 10.1. The lowest BCUT2D eigenvalue weighted by atomic mass is 10.0. The standard InChI is InChI=1S/C27H34N4O2/c1-18-6-5-7-19(2)25(18)27(33)31-16-21-14-30(15-22(21)17-31)13-11-24(23-8-3-4-12-28-23)29-26(32)20-9-10-20/h3-8,12,20-22,24H,9-11,13-17H2,1-2H3,(H,29,32)/t21-,22?,24?/m0/s1. The van der Waals surface area contributed by atoms with Gasteiger partial charge in [-0.1, -0.05) is 24.3 Å². The van der Waals surface area contributed by atoms with Crippen LogP contribution in [0.1, 0.15) is 52.5 Å². The van der Waals surface area contributed by atoms with Gasteiger partial charge >= 0.3 is 0 Å². The Balaban J connectivity index is 1.17. The van der Waals surface area contributed by atoms with Crippen molar-refractivity contribution < 1.29 is 9.59 Å². The van der Waals surface area contributed by atoms with E-state index >= 15 is 0 Å². The van der Waals surface area contributed by atoms with Gasteiger partial charge in [0.2, 0.25) is 5.91 Å². The maximum absolute atomic E-state index is 13.2. The Bertz CT molecular complexity index is 986. The second-order valence-corrected chi connectivity index (χ2v) is 10.1. The van der Waals surface area contributed by atoms with Gasteiger partial charge in [0.15, 0.2) is 0 Å². The fourth-order valence-electron chi connectivity index (χ4n) is 5.57. The van der Waals surface area contributed by atoms with Gasteiger partial charge in [0.05, 0.1) is 11.7 Å². The number of carbonyl (C=O) groups is 2. The molecule has 0 bridgehead atoms. The minimum atomic E-state index is -0.0400. The maximum atomic E-state index is 13.2. The summed E-state index contributed by atoms with van der Waals surface area (Å²) >= 11 is 0. The van der Waals surface area contributed by atoms with Gasteiger partial charge in [-0.3, -0.25) is 14.6 Å². The smallest absolute Gasteiger partial charge is 0.254 e. The number of benzene rings is 1. The van der Waals surface area contributed by atoms with Crippen LogP contribution in [0, 0.1) is 31.6 Å². The van der Waals surface area contributed by atoms with Crippen LogP contribution in [0.5, 0.6) is 0 Å². The Morgan fingerprint density at radius 3 is 2.30 bits per heavy atom. The zero-order chi connectivity index (χ0) is 22.9. The van der Waals surface area contributed by atoms with Crippen molar-refractivity contribution >= 4 is 11.8 Å². The third-order valence-electron chi connectivity index (χ3n) is 7.59. The third-order valence-corrected chi connectivity index (χ3v) is 7.59. The number of carbonyl (C=O) groups excluding carboxylic acids is 2. The summed E-state index contributed by atoms with van der Waals surface area (Å²) in [6.07, 6.45) is 4.68. The van der Waals surface area contributed by atoms with Crippen LogP contribution < -0.4 is 5.32 Å². The summed E-state index contributed by atoms with van der Waals surface area (Å²) in [6, 6.07) is 11.9. The summed E-state index contributed by atoms with van der Waals surface area (Å²) in [5.74, 6) is 1.62. The number of aryl methyl sites for hydroxylation is 2. The summed E-state index contributed by atoms with van der Waals surface area (Å²) in [5, 5.41) is 3.24. The van der Waals surface area contributed by atoms with Crippen molar-refractivity contribution in [1.29, 1.82) is 0 Å². The molecule has 1 aromatic heterocycles. The van der Waals surface area contributed by atoms with E-state index in [0.717, 1.165) is 74.4 Å². The van der Waals surface area contributed by atoms with Crippen LogP contribution in [-0.2, 0) is 4.79 Å². The number of nitrogens with zero attached hydrogens (tertiary/aromatic N) is 3. The summed E-state index contributed by atoms with van der Waals surface area (Å²) in [5.41, 5.74) is 3.94. The molecule has 1 aliphatic carbocycles. The number of rotatable bonds is 7. The zero-order valence-electron chi connectivity index (χ0n) is 19.7. The van der Waals surface area contributed by atoms with E-state index < -0.39 is 0 Å². The summed E-state index contributed by atoms with van der Waals surface area (Å²) in [6.45, 7) is 8.72. The highest BCUT2D eigenvalue weighted by Crippen LogP contribution is 2.34. The second kappa shape index (κ2) is 9.26. The van der Waals surface area contributed by atoms with Gasteiger partial charge in [0.25, 0.3) is 5.91 Å². The molecule has 2 unspecified atom stereocenters. The van der Waals surface area contributed by atoms with Gasteiger partial charge in [-0.25, -0.2) is 0 Å². The Morgan fingerprint density at radius 2 is 1.70 bits per heavy atom. The van der Waals surface area contributed by atoms with E-state index in [1.807, 2.05) is 50.2 Å². The van der Waals surface area contributed by atoms with Gasteiger partial charge < -0.3 is 15.1 Å². The topological polar surface area (TPSA) is 65.5 Å². The van der Waals surface area contributed by atoms with E-state index in [1.165, 1.54) is 0 Å². The zero-order valence-corrected chi connectivity index (χ0v) is 19.7. The Labute approximate surface area is 196 Å². The molecule has 2 aromatic rings. The van der Waals surface area contributed by atoms with E-state index in [9.17, 15) is 9.59 Å². The summed E-state index contributed by atoms with van der Waals surface area (Å²) < 4.78 is 0. The molecule has 3 fully saturated rings. The molecule has 0 spiro atoms. The molecule has 174 valence electrons. The highest BCUT2D eigenvalue weighted by Gasteiger charge is 2.42. The van der Waals surface area contributed by atoms with E-state index in [4.69, 9.17) is 0 Å². The van der Waals surface area contributed by atoms with Crippen molar-refractivity contribution in [2.24, 2.45) is 17.8 Å². The van der Waals surface area contributed by atoms with Crippen LogP contribution >= 0.6 is 0 Å². The van der Waals surface area contributed by atoms with Gasteiger partial charge in [0, 0.05) is 50.4 Å². The van der Waals surface area contributed by atoms with E-state index in [0.29, 0.717) is 11.8 Å². The first kappa shape index (κ1) is 22.1. The SMILES string of the molecule is Cc1cccc(C)c1C(=O)N1CC2CN(CCC(NC(=O)C3CC3)c3ccccn3)C[C@H]2C1. The largest absolute Gasteiger partial charge is 0.347 e. The van der Waals surface area contributed by atoms with Gasteiger partial charge in [-0.2, -0.15) is 0 Å². The fourth-order valence-corrected chi connectivity index (χ4v) is 5.57. The number of aromatic nitrogens is 1. The van der Waals surface area contributed by atoms with Gasteiger partial charge in [0.1, 0.15) is 0 Å². The van der Waals surface area contributed by atoms with Gasteiger partial charge in [-0.05, 0) is 68.2 Å². The van der Waals surface area contributed by atoms with Crippen LogP contribution in [0.2, 0.25) is 0 Å². The van der Waals surface area contributed by atoms with Crippen molar-refractivity contribution in [3.63, 3.8) is 0 Å². The number of fused-ring (bicyclic) bond motifs is 1. The average molecular weight is 447 g/mol. The molecular formula is C27H34N4O2. The molecule has 3 aliphatic rings. The molecule has 0 radical (unpaired) electrons. The first-order valence-corrected chi connectivity index (χ1v) is 12.3. The van der Waals surface area contributed by atoms with Crippen LogP contribution in [0.15, 0.2) is 42.6 Å². The maximum Gasteiger partial charge on any atom is 0.254 e. The lowest BCUT2D eigenvalue weighted by Gasteiger charge is -2.25. The predicted molar refractivity (Wildman–Crippen MR) is 128 cm³/mol. The Kier molecular flexibility index (Phi) is 6.19. The Hall–Kier alpha value is -2.73. The lowest BCUT2D eigenvalue weighted by molar-refractivity contribution is -0.123. The number of likely N-dealkylation sites (tertiary alicyclic amines) is 2. The van der Waals surface area contributed by atoms with Crippen LogP contribution in [0.25, 0.3) is 0 Å². The van der Waals surface area contributed by atoms with Crippen molar-refractivity contribution in [2.45, 2.75) is 39.2 Å². The van der Waals surface area contributed by atoms with E-state index in [-0.39, 0.29) is 23.8 Å². The molecule has 5 rings (SSSR count). The number of hydrogen-bond acceptors (Lipinski definition) is 4.